The molecule has 1 unspecified atom stereocenters. The summed E-state index contributed by atoms with van der Waals surface area (Å²) >= 11 is 1.63. The number of ether oxygens (including phenoxy) is 1. The van der Waals surface area contributed by atoms with E-state index in [1.807, 2.05) is 23.9 Å². The molecule has 2 saturated heterocycles. The highest BCUT2D eigenvalue weighted by atomic mass is 127. The van der Waals surface area contributed by atoms with Crippen molar-refractivity contribution in [2.75, 3.05) is 58.8 Å². The highest BCUT2D eigenvalue weighted by molar-refractivity contribution is 14.0. The van der Waals surface area contributed by atoms with Crippen LogP contribution >= 0.6 is 35.3 Å². The van der Waals surface area contributed by atoms with Crippen molar-refractivity contribution >= 4 is 52.3 Å². The van der Waals surface area contributed by atoms with E-state index in [1.165, 1.54) is 0 Å². The highest BCUT2D eigenvalue weighted by Crippen LogP contribution is 2.18. The first-order valence-corrected chi connectivity index (χ1v) is 9.94. The summed E-state index contributed by atoms with van der Waals surface area (Å²) in [5.74, 6) is 0.998. The monoisotopic (exact) mass is 508 g/mol. The maximum atomic E-state index is 12.4. The number of anilines is 1. The van der Waals surface area contributed by atoms with Crippen molar-refractivity contribution in [1.29, 1.82) is 0 Å². The normalized spacial score (nSPS) is 20.4. The van der Waals surface area contributed by atoms with Crippen molar-refractivity contribution in [3.8, 4) is 0 Å². The first-order chi connectivity index (χ1) is 12.6. The molecule has 0 aliphatic carbocycles. The molecule has 8 nitrogen and oxygen atoms in total. The first kappa shape index (κ1) is 22.2. The van der Waals surface area contributed by atoms with E-state index < -0.39 is 0 Å². The van der Waals surface area contributed by atoms with E-state index in [0.717, 1.165) is 42.7 Å². The van der Waals surface area contributed by atoms with Crippen LogP contribution in [0.15, 0.2) is 10.4 Å². The predicted molar refractivity (Wildman–Crippen MR) is 119 cm³/mol. The Kier molecular flexibility index (Phi) is 8.55. The smallest absolute Gasteiger partial charge is 0.251 e. The Balaban J connectivity index is 0.00000261. The quantitative estimate of drug-likeness (QED) is 0.375. The lowest BCUT2D eigenvalue weighted by molar-refractivity contribution is -0.142. The van der Waals surface area contributed by atoms with Gasteiger partial charge in [-0.3, -0.25) is 9.79 Å². The Morgan fingerprint density at radius 1 is 1.37 bits per heavy atom. The second-order valence-corrected chi connectivity index (χ2v) is 7.57. The van der Waals surface area contributed by atoms with Gasteiger partial charge in [0.1, 0.15) is 6.10 Å². The summed E-state index contributed by atoms with van der Waals surface area (Å²) in [5.41, 5.74) is 1.01. The molecule has 0 spiro atoms. The van der Waals surface area contributed by atoms with Crippen LogP contribution < -0.4 is 10.2 Å². The van der Waals surface area contributed by atoms with Gasteiger partial charge in [-0.2, -0.15) is 0 Å². The van der Waals surface area contributed by atoms with Gasteiger partial charge in [-0.15, -0.1) is 35.3 Å². The van der Waals surface area contributed by atoms with Crippen molar-refractivity contribution in [2.45, 2.75) is 25.5 Å². The number of thiazole rings is 1. The fourth-order valence-electron chi connectivity index (χ4n) is 3.20. The van der Waals surface area contributed by atoms with Gasteiger partial charge in [0.2, 0.25) is 0 Å². The number of aromatic nitrogens is 1. The van der Waals surface area contributed by atoms with Gasteiger partial charge in [0.15, 0.2) is 11.1 Å². The summed E-state index contributed by atoms with van der Waals surface area (Å²) in [5, 5.41) is 6.44. The van der Waals surface area contributed by atoms with Gasteiger partial charge in [-0.05, 0) is 12.8 Å². The molecule has 1 aromatic heterocycles. The zero-order valence-corrected chi connectivity index (χ0v) is 19.3. The lowest BCUT2D eigenvalue weighted by Crippen LogP contribution is -2.55. The van der Waals surface area contributed by atoms with Crippen molar-refractivity contribution in [1.82, 2.24) is 20.1 Å². The van der Waals surface area contributed by atoms with Crippen LogP contribution in [-0.4, -0.2) is 86.7 Å². The average Bonchev–Trinajstić information content (AvgIpc) is 3.34. The number of carbonyl (C=O) groups excluding carboxylic acids is 1. The van der Waals surface area contributed by atoms with Gasteiger partial charge in [0.05, 0.1) is 12.2 Å². The molecule has 1 amide bonds. The van der Waals surface area contributed by atoms with Crippen LogP contribution in [0.1, 0.15) is 18.5 Å². The molecule has 3 rings (SSSR count). The number of halogens is 1. The molecule has 2 fully saturated rings. The van der Waals surface area contributed by atoms with Gasteiger partial charge < -0.3 is 24.8 Å². The average molecular weight is 508 g/mol. The minimum Gasteiger partial charge on any atom is -0.368 e. The third-order valence-electron chi connectivity index (χ3n) is 4.66. The highest BCUT2D eigenvalue weighted by Gasteiger charge is 2.30. The van der Waals surface area contributed by atoms with E-state index in [0.29, 0.717) is 26.2 Å². The van der Waals surface area contributed by atoms with Crippen LogP contribution in [0, 0.1) is 0 Å². The minimum absolute atomic E-state index is 0. The van der Waals surface area contributed by atoms with Crippen LogP contribution in [0.25, 0.3) is 0 Å². The van der Waals surface area contributed by atoms with Gasteiger partial charge in [-0.25, -0.2) is 4.98 Å². The predicted octanol–water partition coefficient (Wildman–Crippen LogP) is 1.23. The standard InChI is InChI=1S/C17H28N6O2S.HI/c1-18-16(19-11-13-12-26-17(20-13)21(2)3)23-8-6-22(7-9-23)15(24)14-5-4-10-25-14;/h12,14H,4-11H2,1-3H3,(H,18,19);1H. The van der Waals surface area contributed by atoms with Crippen LogP contribution in [0.2, 0.25) is 0 Å². The first-order valence-electron chi connectivity index (χ1n) is 9.06. The molecule has 0 saturated carbocycles. The fraction of sp³-hybridized carbons (Fsp3) is 0.706. The number of amides is 1. The van der Waals surface area contributed by atoms with E-state index in [4.69, 9.17) is 4.74 Å². The van der Waals surface area contributed by atoms with Crippen molar-refractivity contribution in [3.05, 3.63) is 11.1 Å². The molecule has 0 bridgehead atoms. The van der Waals surface area contributed by atoms with Crippen molar-refractivity contribution in [2.24, 2.45) is 4.99 Å². The molecule has 0 radical (unpaired) electrons. The third-order valence-corrected chi connectivity index (χ3v) is 5.71. The molecular weight excluding hydrogens is 479 g/mol. The summed E-state index contributed by atoms with van der Waals surface area (Å²) in [7, 11) is 5.78. The van der Waals surface area contributed by atoms with E-state index in [-0.39, 0.29) is 36.0 Å². The van der Waals surface area contributed by atoms with Gasteiger partial charge in [0.25, 0.3) is 5.91 Å². The Morgan fingerprint density at radius 3 is 2.63 bits per heavy atom. The van der Waals surface area contributed by atoms with Crippen molar-refractivity contribution in [3.63, 3.8) is 0 Å². The molecule has 152 valence electrons. The Morgan fingerprint density at radius 2 is 2.07 bits per heavy atom. The molecule has 1 atom stereocenters. The molecule has 0 aromatic carbocycles. The van der Waals surface area contributed by atoms with Crippen molar-refractivity contribution < 1.29 is 9.53 Å². The van der Waals surface area contributed by atoms with E-state index in [2.05, 4.69) is 25.6 Å². The van der Waals surface area contributed by atoms with Crippen LogP contribution in [0.4, 0.5) is 5.13 Å². The molecular formula is C17H29IN6O2S. The number of guanidine groups is 1. The van der Waals surface area contributed by atoms with E-state index in [1.54, 1.807) is 18.4 Å². The zero-order chi connectivity index (χ0) is 18.5. The SMILES string of the molecule is CN=C(NCc1csc(N(C)C)n1)N1CCN(C(=O)C2CCCO2)CC1.I. The summed E-state index contributed by atoms with van der Waals surface area (Å²) in [6.07, 6.45) is 1.61. The second-order valence-electron chi connectivity index (χ2n) is 6.73. The van der Waals surface area contributed by atoms with Crippen LogP contribution in [0.5, 0.6) is 0 Å². The summed E-state index contributed by atoms with van der Waals surface area (Å²) in [6.45, 7) is 4.32. The molecule has 3 heterocycles. The number of rotatable bonds is 4. The minimum atomic E-state index is -0.227. The maximum Gasteiger partial charge on any atom is 0.251 e. The molecule has 27 heavy (non-hydrogen) atoms. The number of piperazine rings is 1. The maximum absolute atomic E-state index is 12.4. The largest absolute Gasteiger partial charge is 0.368 e. The zero-order valence-electron chi connectivity index (χ0n) is 16.2. The number of carbonyl (C=O) groups is 1. The van der Waals surface area contributed by atoms with Crippen LogP contribution in [0.3, 0.4) is 0 Å². The molecule has 2 aliphatic rings. The van der Waals surface area contributed by atoms with Gasteiger partial charge in [-0.1, -0.05) is 0 Å². The number of hydrogen-bond donors (Lipinski definition) is 1. The second kappa shape index (κ2) is 10.4. The molecule has 2 aliphatic heterocycles. The lowest BCUT2D eigenvalue weighted by atomic mass is 10.2. The lowest BCUT2D eigenvalue weighted by Gasteiger charge is -2.37. The third kappa shape index (κ3) is 5.67. The Bertz CT molecular complexity index is 639. The number of nitrogens with one attached hydrogen (secondary N) is 1. The topological polar surface area (TPSA) is 73.3 Å². The van der Waals surface area contributed by atoms with E-state index in [9.17, 15) is 4.79 Å². The Hall–Kier alpha value is -1.14. The molecule has 1 aromatic rings. The number of nitrogens with zero attached hydrogens (tertiary/aromatic N) is 5. The number of aliphatic imine (C=N–C) groups is 1. The fourth-order valence-corrected chi connectivity index (χ4v) is 3.96. The molecule has 1 N–H and O–H groups in total. The summed E-state index contributed by atoms with van der Waals surface area (Å²) in [4.78, 5) is 27.5. The van der Waals surface area contributed by atoms with Gasteiger partial charge >= 0.3 is 0 Å². The van der Waals surface area contributed by atoms with Gasteiger partial charge in [0, 0.05) is 59.3 Å². The summed E-state index contributed by atoms with van der Waals surface area (Å²) in [6, 6.07) is 0. The summed E-state index contributed by atoms with van der Waals surface area (Å²) < 4.78 is 5.52. The molecule has 10 heteroatoms. The van der Waals surface area contributed by atoms with E-state index >= 15 is 0 Å². The van der Waals surface area contributed by atoms with Crippen LogP contribution in [-0.2, 0) is 16.1 Å². The Labute approximate surface area is 182 Å². The number of hydrogen-bond acceptors (Lipinski definition) is 6.